The van der Waals surface area contributed by atoms with Crippen LogP contribution in [0, 0.1) is 18.8 Å². The molecular weight excluding hydrogens is 338 g/mol. The molecule has 1 amide bonds. The van der Waals surface area contributed by atoms with Crippen LogP contribution in [-0.2, 0) is 16.0 Å². The second kappa shape index (κ2) is 7.78. The first-order chi connectivity index (χ1) is 13.0. The summed E-state index contributed by atoms with van der Waals surface area (Å²) in [6, 6.07) is 4.03. The predicted octanol–water partition coefficient (Wildman–Crippen LogP) is 4.05. The standard InChI is InChI=1S/C23H29NO3/c1-5-8-16-13-15(4)19(17(6-2)14-16)20-21(25)23(24-22(20)26)11-9-18(10-12-23)27-7-3/h13-14,18,25H,6-7,9-12H2,1-4H3,(H,24,26)/t18-,23+. The highest BCUT2D eigenvalue weighted by Gasteiger charge is 2.48. The van der Waals surface area contributed by atoms with Gasteiger partial charge in [-0.05, 0) is 81.7 Å². The molecule has 1 fully saturated rings. The second-order valence-corrected chi connectivity index (χ2v) is 7.47. The molecule has 1 saturated carbocycles. The van der Waals surface area contributed by atoms with Crippen molar-refractivity contribution in [1.82, 2.24) is 5.32 Å². The van der Waals surface area contributed by atoms with E-state index in [9.17, 15) is 9.90 Å². The van der Waals surface area contributed by atoms with Gasteiger partial charge in [-0.15, -0.1) is 5.92 Å². The van der Waals surface area contributed by atoms with Crippen molar-refractivity contribution in [2.45, 2.75) is 71.4 Å². The van der Waals surface area contributed by atoms with Crippen LogP contribution in [0.2, 0.25) is 0 Å². The SMILES string of the molecule is CC#Cc1cc(C)c(C2=C(O)[C@]3(CC[C@H](OCC)CC3)NC2=O)c(CC)c1. The lowest BCUT2D eigenvalue weighted by molar-refractivity contribution is -0.116. The van der Waals surface area contributed by atoms with Crippen molar-refractivity contribution >= 4 is 11.5 Å². The summed E-state index contributed by atoms with van der Waals surface area (Å²) in [6.45, 7) is 8.56. The Morgan fingerprint density at radius 1 is 1.30 bits per heavy atom. The molecule has 1 aromatic rings. The second-order valence-electron chi connectivity index (χ2n) is 7.47. The van der Waals surface area contributed by atoms with Gasteiger partial charge < -0.3 is 15.2 Å². The molecule has 0 aromatic heterocycles. The molecule has 4 heteroatoms. The molecule has 1 aromatic carbocycles. The van der Waals surface area contributed by atoms with E-state index >= 15 is 0 Å². The van der Waals surface area contributed by atoms with E-state index < -0.39 is 5.54 Å². The Labute approximate surface area is 162 Å². The topological polar surface area (TPSA) is 58.6 Å². The minimum Gasteiger partial charge on any atom is -0.509 e. The highest BCUT2D eigenvalue weighted by molar-refractivity contribution is 6.24. The number of aliphatic hydroxyl groups excluding tert-OH is 1. The minimum absolute atomic E-state index is 0.172. The molecule has 2 aliphatic rings. The van der Waals surface area contributed by atoms with Gasteiger partial charge in [-0.25, -0.2) is 0 Å². The van der Waals surface area contributed by atoms with Gasteiger partial charge in [0.1, 0.15) is 5.76 Å². The molecule has 1 aliphatic heterocycles. The number of aliphatic hydroxyl groups is 1. The Kier molecular flexibility index (Phi) is 5.62. The fourth-order valence-electron chi connectivity index (χ4n) is 4.48. The van der Waals surface area contributed by atoms with Gasteiger partial charge in [0.2, 0.25) is 0 Å². The van der Waals surface area contributed by atoms with E-state index in [1.54, 1.807) is 0 Å². The average molecular weight is 367 g/mol. The smallest absolute Gasteiger partial charge is 0.256 e. The average Bonchev–Trinajstić information content (AvgIpc) is 2.87. The number of carbonyl (C=O) groups excluding carboxylic acids is 1. The van der Waals surface area contributed by atoms with Gasteiger partial charge in [0.05, 0.1) is 17.2 Å². The number of nitrogens with one attached hydrogen (secondary N) is 1. The first-order valence-electron chi connectivity index (χ1n) is 9.90. The lowest BCUT2D eigenvalue weighted by atomic mass is 9.78. The van der Waals surface area contributed by atoms with Crippen LogP contribution in [-0.4, -0.2) is 29.3 Å². The maximum absolute atomic E-state index is 12.9. The van der Waals surface area contributed by atoms with Crippen LogP contribution in [0.3, 0.4) is 0 Å². The van der Waals surface area contributed by atoms with Crippen LogP contribution < -0.4 is 5.32 Å². The quantitative estimate of drug-likeness (QED) is 0.790. The number of hydrogen-bond acceptors (Lipinski definition) is 3. The Bertz CT molecular complexity index is 833. The van der Waals surface area contributed by atoms with E-state index in [-0.39, 0.29) is 17.8 Å². The number of aryl methyl sites for hydroxylation is 2. The zero-order chi connectivity index (χ0) is 19.6. The maximum Gasteiger partial charge on any atom is 0.256 e. The van der Waals surface area contributed by atoms with Crippen molar-refractivity contribution < 1.29 is 14.6 Å². The Hall–Kier alpha value is -2.25. The van der Waals surface area contributed by atoms with E-state index in [1.807, 2.05) is 32.9 Å². The van der Waals surface area contributed by atoms with Crippen molar-refractivity contribution in [3.63, 3.8) is 0 Å². The molecule has 2 N–H and O–H groups in total. The van der Waals surface area contributed by atoms with Crippen molar-refractivity contribution in [2.75, 3.05) is 6.61 Å². The highest BCUT2D eigenvalue weighted by atomic mass is 16.5. The van der Waals surface area contributed by atoms with Crippen LogP contribution in [0.1, 0.15) is 68.7 Å². The van der Waals surface area contributed by atoms with Crippen molar-refractivity contribution in [3.8, 4) is 11.8 Å². The van der Waals surface area contributed by atoms with Crippen molar-refractivity contribution in [1.29, 1.82) is 0 Å². The van der Waals surface area contributed by atoms with Crippen LogP contribution in [0.15, 0.2) is 17.9 Å². The van der Waals surface area contributed by atoms with E-state index in [4.69, 9.17) is 4.74 Å². The molecule has 0 unspecified atom stereocenters. The van der Waals surface area contributed by atoms with Crippen LogP contribution >= 0.6 is 0 Å². The molecule has 4 nitrogen and oxygen atoms in total. The van der Waals surface area contributed by atoms with E-state index in [0.717, 1.165) is 41.5 Å². The first-order valence-corrected chi connectivity index (χ1v) is 9.90. The summed E-state index contributed by atoms with van der Waals surface area (Å²) < 4.78 is 5.73. The monoisotopic (exact) mass is 367 g/mol. The van der Waals surface area contributed by atoms with Crippen LogP contribution in [0.25, 0.3) is 5.57 Å². The normalized spacial score (nSPS) is 24.7. The molecular formula is C23H29NO3. The van der Waals surface area contributed by atoms with Gasteiger partial charge >= 0.3 is 0 Å². The van der Waals surface area contributed by atoms with Gasteiger partial charge in [-0.3, -0.25) is 4.79 Å². The summed E-state index contributed by atoms with van der Waals surface area (Å²) in [7, 11) is 0. The zero-order valence-electron chi connectivity index (χ0n) is 16.7. The lowest BCUT2D eigenvalue weighted by Crippen LogP contribution is -2.48. The fraction of sp³-hybridized carbons (Fsp3) is 0.522. The first kappa shape index (κ1) is 19.5. The third kappa shape index (κ3) is 3.49. The van der Waals surface area contributed by atoms with Crippen molar-refractivity contribution in [2.24, 2.45) is 0 Å². The van der Waals surface area contributed by atoms with Gasteiger partial charge in [0.15, 0.2) is 0 Å². The van der Waals surface area contributed by atoms with Crippen LogP contribution in [0.4, 0.5) is 0 Å². The molecule has 0 radical (unpaired) electrons. The zero-order valence-corrected chi connectivity index (χ0v) is 16.7. The number of carbonyl (C=O) groups is 1. The highest BCUT2D eigenvalue weighted by Crippen LogP contribution is 2.43. The van der Waals surface area contributed by atoms with Crippen molar-refractivity contribution in [3.05, 3.63) is 40.1 Å². The Morgan fingerprint density at radius 2 is 2.00 bits per heavy atom. The molecule has 1 spiro atoms. The molecule has 3 rings (SSSR count). The lowest BCUT2D eigenvalue weighted by Gasteiger charge is -2.37. The number of rotatable bonds is 4. The number of hydrogen-bond donors (Lipinski definition) is 2. The molecule has 0 atom stereocenters. The third-order valence-electron chi connectivity index (χ3n) is 5.78. The summed E-state index contributed by atoms with van der Waals surface area (Å²) in [5, 5.41) is 14.3. The van der Waals surface area contributed by atoms with Gasteiger partial charge in [-0.2, -0.15) is 0 Å². The molecule has 0 bridgehead atoms. The largest absolute Gasteiger partial charge is 0.509 e. The number of benzene rings is 1. The fourth-order valence-corrected chi connectivity index (χ4v) is 4.48. The van der Waals surface area contributed by atoms with E-state index in [0.29, 0.717) is 25.0 Å². The summed E-state index contributed by atoms with van der Waals surface area (Å²) in [5.41, 5.74) is 3.63. The van der Waals surface area contributed by atoms with Gasteiger partial charge in [0.25, 0.3) is 5.91 Å². The minimum atomic E-state index is -0.640. The van der Waals surface area contributed by atoms with Crippen LogP contribution in [0.5, 0.6) is 0 Å². The Balaban J connectivity index is 2.02. The predicted molar refractivity (Wildman–Crippen MR) is 107 cm³/mol. The molecule has 0 saturated heterocycles. The third-order valence-corrected chi connectivity index (χ3v) is 5.78. The number of amides is 1. The summed E-state index contributed by atoms with van der Waals surface area (Å²) in [5.74, 6) is 6.05. The molecule has 27 heavy (non-hydrogen) atoms. The van der Waals surface area contributed by atoms with E-state index in [1.165, 1.54) is 0 Å². The molecule has 1 aliphatic carbocycles. The number of ether oxygens (including phenoxy) is 1. The maximum atomic E-state index is 12.9. The summed E-state index contributed by atoms with van der Waals surface area (Å²) in [4.78, 5) is 12.9. The Morgan fingerprint density at radius 3 is 2.59 bits per heavy atom. The molecule has 144 valence electrons. The summed E-state index contributed by atoms with van der Waals surface area (Å²) in [6.07, 6.45) is 4.09. The van der Waals surface area contributed by atoms with Gasteiger partial charge in [-0.1, -0.05) is 12.8 Å². The summed E-state index contributed by atoms with van der Waals surface area (Å²) >= 11 is 0. The van der Waals surface area contributed by atoms with E-state index in [2.05, 4.69) is 24.1 Å². The molecule has 1 heterocycles. The van der Waals surface area contributed by atoms with Gasteiger partial charge in [0, 0.05) is 12.2 Å².